The van der Waals surface area contributed by atoms with Gasteiger partial charge in [0.25, 0.3) is 0 Å². The smallest absolute Gasteiger partial charge is 0.207 e. The second kappa shape index (κ2) is 12.2. The van der Waals surface area contributed by atoms with Crippen LogP contribution < -0.4 is 5.32 Å². The van der Waals surface area contributed by atoms with Gasteiger partial charge >= 0.3 is 0 Å². The molecule has 0 aromatic heterocycles. The minimum atomic E-state index is 0.554. The highest BCUT2D eigenvalue weighted by Crippen LogP contribution is 2.27. The van der Waals surface area contributed by atoms with Crippen LogP contribution in [-0.4, -0.2) is 50.7 Å². The van der Waals surface area contributed by atoms with E-state index in [4.69, 9.17) is 4.74 Å². The average molecular weight is 286 g/mol. The normalized spacial score (nSPS) is 21.0. The maximum Gasteiger partial charge on any atom is 0.207 e. The predicted octanol–water partition coefficient (Wildman–Crippen LogP) is 2.68. The number of hydrogen-bond donors (Lipinski definition) is 1. The molecule has 0 saturated carbocycles. The second-order valence-corrected chi connectivity index (χ2v) is 5.90. The topological polar surface area (TPSA) is 41.6 Å². The number of hydrogen-bond acceptors (Lipinski definition) is 3. The Morgan fingerprint density at radius 3 is 2.10 bits per heavy atom. The number of ether oxygens (including phenoxy) is 1. The number of likely N-dealkylation sites (tertiary alicyclic amines) is 1. The van der Waals surface area contributed by atoms with E-state index in [0.29, 0.717) is 5.41 Å². The van der Waals surface area contributed by atoms with Gasteiger partial charge in [0.1, 0.15) is 0 Å². The lowest BCUT2D eigenvalue weighted by molar-refractivity contribution is -0.109. The highest BCUT2D eigenvalue weighted by molar-refractivity contribution is 5.45. The summed E-state index contributed by atoms with van der Waals surface area (Å²) >= 11 is 0. The van der Waals surface area contributed by atoms with Crippen LogP contribution in [0.4, 0.5) is 0 Å². The molecule has 1 amide bonds. The molecule has 2 fully saturated rings. The third-order valence-electron chi connectivity index (χ3n) is 3.70. The van der Waals surface area contributed by atoms with Gasteiger partial charge in [-0.1, -0.05) is 27.7 Å². The van der Waals surface area contributed by atoms with Crippen LogP contribution in [0.3, 0.4) is 0 Å². The van der Waals surface area contributed by atoms with Crippen LogP contribution in [0.2, 0.25) is 0 Å². The Labute approximate surface area is 125 Å². The van der Waals surface area contributed by atoms with Crippen molar-refractivity contribution in [2.45, 2.75) is 53.4 Å². The third-order valence-corrected chi connectivity index (χ3v) is 3.70. The summed E-state index contributed by atoms with van der Waals surface area (Å²) in [6.45, 7) is 14.8. The number of carbonyl (C=O) groups is 1. The first-order valence-corrected chi connectivity index (χ1v) is 8.11. The zero-order chi connectivity index (χ0) is 15.3. The van der Waals surface area contributed by atoms with Crippen LogP contribution >= 0.6 is 0 Å². The number of amides is 1. The average Bonchev–Trinajstić information content (AvgIpc) is 2.95. The quantitative estimate of drug-likeness (QED) is 0.638. The molecule has 2 aliphatic heterocycles. The maximum atomic E-state index is 9.85. The Balaban J connectivity index is 0.000000327. The maximum absolute atomic E-state index is 9.85. The molecule has 0 spiro atoms. The molecule has 2 saturated heterocycles. The summed E-state index contributed by atoms with van der Waals surface area (Å²) in [5.41, 5.74) is 0.554. The first-order valence-electron chi connectivity index (χ1n) is 8.11. The Hall–Kier alpha value is -0.610. The molecule has 0 bridgehead atoms. The minimum Gasteiger partial charge on any atom is -0.381 e. The van der Waals surface area contributed by atoms with Crippen molar-refractivity contribution in [3.05, 3.63) is 0 Å². The largest absolute Gasteiger partial charge is 0.381 e. The van der Waals surface area contributed by atoms with E-state index in [9.17, 15) is 4.79 Å². The van der Waals surface area contributed by atoms with Gasteiger partial charge in [-0.2, -0.15) is 0 Å². The lowest BCUT2D eigenvalue weighted by atomic mass is 9.85. The number of carbonyl (C=O) groups excluding carboxylic acids is 1. The molecule has 1 N–H and O–H groups in total. The lowest BCUT2D eigenvalue weighted by Gasteiger charge is -2.28. The lowest BCUT2D eigenvalue weighted by Crippen LogP contribution is -2.29. The summed E-state index contributed by atoms with van der Waals surface area (Å²) < 4.78 is 5.21. The van der Waals surface area contributed by atoms with E-state index in [2.05, 4.69) is 24.1 Å². The molecule has 2 rings (SSSR count). The van der Waals surface area contributed by atoms with Gasteiger partial charge in [-0.05, 0) is 44.2 Å². The van der Waals surface area contributed by atoms with Crippen LogP contribution in [0.5, 0.6) is 0 Å². The summed E-state index contributed by atoms with van der Waals surface area (Å²) in [5, 5.41) is 2.65. The molecule has 20 heavy (non-hydrogen) atoms. The second-order valence-electron chi connectivity index (χ2n) is 5.90. The van der Waals surface area contributed by atoms with Crippen molar-refractivity contribution in [2.75, 3.05) is 39.4 Å². The van der Waals surface area contributed by atoms with E-state index < -0.39 is 0 Å². The van der Waals surface area contributed by atoms with Crippen molar-refractivity contribution in [2.24, 2.45) is 5.41 Å². The predicted molar refractivity (Wildman–Crippen MR) is 84.9 cm³/mol. The zero-order valence-corrected chi connectivity index (χ0v) is 13.9. The van der Waals surface area contributed by atoms with Crippen LogP contribution in [0.1, 0.15) is 53.4 Å². The fraction of sp³-hybridized carbons (Fsp3) is 0.938. The van der Waals surface area contributed by atoms with Gasteiger partial charge in [-0.25, -0.2) is 0 Å². The van der Waals surface area contributed by atoms with Gasteiger partial charge in [-0.15, -0.1) is 0 Å². The molecule has 0 unspecified atom stereocenters. The Bertz CT molecular complexity index is 219. The van der Waals surface area contributed by atoms with E-state index >= 15 is 0 Å². The number of nitrogens with zero attached hydrogens (tertiary/aromatic N) is 1. The van der Waals surface area contributed by atoms with Crippen molar-refractivity contribution in [3.63, 3.8) is 0 Å². The minimum absolute atomic E-state index is 0.554. The molecule has 0 atom stereocenters. The standard InChI is InChI=1S/C7H14N2O.C7H14O.C2H6/c10-7-8-3-6-9-4-1-2-5-9;1-7(2)3-5-8-6-4-7;1-2/h7H,1-6H2,(H,8,10);3-6H2,1-2H3;1-2H3. The van der Waals surface area contributed by atoms with E-state index in [1.165, 1.54) is 38.8 Å². The SMILES string of the molecule is CC.CC1(C)CCOCC1.O=CNCCN1CCCC1. The summed E-state index contributed by atoms with van der Waals surface area (Å²) in [7, 11) is 0. The van der Waals surface area contributed by atoms with Crippen LogP contribution in [0.25, 0.3) is 0 Å². The monoisotopic (exact) mass is 286 g/mol. The molecular formula is C16H34N2O2. The van der Waals surface area contributed by atoms with E-state index in [-0.39, 0.29) is 0 Å². The highest BCUT2D eigenvalue weighted by Gasteiger charge is 2.20. The summed E-state index contributed by atoms with van der Waals surface area (Å²) in [6.07, 6.45) is 5.86. The zero-order valence-electron chi connectivity index (χ0n) is 13.9. The van der Waals surface area contributed by atoms with Gasteiger partial charge in [0.2, 0.25) is 6.41 Å². The van der Waals surface area contributed by atoms with Crippen molar-refractivity contribution < 1.29 is 9.53 Å². The first kappa shape index (κ1) is 19.4. The van der Waals surface area contributed by atoms with Gasteiger partial charge in [0, 0.05) is 26.3 Å². The molecule has 0 aromatic rings. The van der Waals surface area contributed by atoms with Crippen LogP contribution in [0, 0.1) is 5.41 Å². The molecule has 2 aliphatic rings. The Kier molecular flexibility index (Phi) is 11.8. The Morgan fingerprint density at radius 1 is 1.15 bits per heavy atom. The highest BCUT2D eigenvalue weighted by atomic mass is 16.5. The molecule has 0 aliphatic carbocycles. The van der Waals surface area contributed by atoms with Gasteiger partial charge < -0.3 is 15.0 Å². The van der Waals surface area contributed by atoms with E-state index in [1.54, 1.807) is 0 Å². The fourth-order valence-electron chi connectivity index (χ4n) is 2.21. The van der Waals surface area contributed by atoms with Crippen molar-refractivity contribution in [3.8, 4) is 0 Å². The Morgan fingerprint density at radius 2 is 1.70 bits per heavy atom. The molecule has 0 aromatic carbocycles. The molecule has 4 heteroatoms. The third kappa shape index (κ3) is 10.2. The van der Waals surface area contributed by atoms with Crippen LogP contribution in [0.15, 0.2) is 0 Å². The van der Waals surface area contributed by atoms with Gasteiger partial charge in [-0.3, -0.25) is 4.79 Å². The van der Waals surface area contributed by atoms with Gasteiger partial charge in [0.05, 0.1) is 0 Å². The molecule has 120 valence electrons. The molecule has 0 radical (unpaired) electrons. The van der Waals surface area contributed by atoms with Crippen molar-refractivity contribution >= 4 is 6.41 Å². The summed E-state index contributed by atoms with van der Waals surface area (Å²) in [4.78, 5) is 12.2. The number of nitrogens with one attached hydrogen (secondary N) is 1. The fourth-order valence-corrected chi connectivity index (χ4v) is 2.21. The molecule has 2 heterocycles. The van der Waals surface area contributed by atoms with Crippen LogP contribution in [-0.2, 0) is 9.53 Å². The van der Waals surface area contributed by atoms with Crippen molar-refractivity contribution in [1.29, 1.82) is 0 Å². The van der Waals surface area contributed by atoms with E-state index in [0.717, 1.165) is 32.7 Å². The summed E-state index contributed by atoms with van der Waals surface area (Å²) in [6, 6.07) is 0. The van der Waals surface area contributed by atoms with E-state index in [1.807, 2.05) is 13.8 Å². The van der Waals surface area contributed by atoms with Gasteiger partial charge in [0.15, 0.2) is 0 Å². The number of rotatable bonds is 4. The first-order chi connectivity index (χ1) is 9.64. The molecule has 4 nitrogen and oxygen atoms in total. The molecular weight excluding hydrogens is 252 g/mol. The van der Waals surface area contributed by atoms with Crippen molar-refractivity contribution in [1.82, 2.24) is 10.2 Å². The summed E-state index contributed by atoms with van der Waals surface area (Å²) in [5.74, 6) is 0.